The van der Waals surface area contributed by atoms with Gasteiger partial charge in [0.15, 0.2) is 0 Å². The zero-order valence-corrected chi connectivity index (χ0v) is 25.8. The predicted molar refractivity (Wildman–Crippen MR) is 175 cm³/mol. The molecular weight excluding hydrogens is 586 g/mol. The standard InChI is InChI=1S/C36H41N3O7/c40-30-15-13-28(29-14-16-32(42)38-34(29)30)31(41)24-37-20-4-5-23-46-27-11-8-25(9-12-27)10-17-33(43)39-21-18-36(19-22-39,35(44)45)26-6-2-1-3-7-26/h1-3,6-9,11-16,31,37,40-41H,4-5,10,17-24H2,(H,38,42)(H,44,45)/t31-/m0/s1. The lowest BCUT2D eigenvalue weighted by Crippen LogP contribution is -2.49. The molecule has 1 aliphatic heterocycles. The van der Waals surface area contributed by atoms with Crippen LogP contribution in [0.3, 0.4) is 0 Å². The number of phenols is 1. The number of nitrogens with zero attached hydrogens (tertiary/aromatic N) is 1. The number of hydrogen-bond donors (Lipinski definition) is 5. The van der Waals surface area contributed by atoms with E-state index >= 15 is 0 Å². The first kappa shape index (κ1) is 32.7. The number of aliphatic hydroxyl groups is 1. The van der Waals surface area contributed by atoms with Crippen LogP contribution < -0.4 is 15.6 Å². The molecule has 3 aromatic carbocycles. The molecule has 1 atom stereocenters. The number of amides is 1. The third-order valence-electron chi connectivity index (χ3n) is 8.88. The lowest BCUT2D eigenvalue weighted by atomic mass is 9.73. The fourth-order valence-corrected chi connectivity index (χ4v) is 6.12. The molecule has 1 saturated heterocycles. The number of aromatic amines is 1. The molecule has 0 unspecified atom stereocenters. The van der Waals surface area contributed by atoms with E-state index in [-0.39, 0.29) is 17.2 Å². The molecule has 2 heterocycles. The summed E-state index contributed by atoms with van der Waals surface area (Å²) in [6, 6.07) is 23.2. The molecule has 4 aromatic rings. The monoisotopic (exact) mass is 627 g/mol. The first-order valence-corrected chi connectivity index (χ1v) is 15.8. The number of pyridine rings is 1. The van der Waals surface area contributed by atoms with Crippen LogP contribution >= 0.6 is 0 Å². The van der Waals surface area contributed by atoms with E-state index in [0.29, 0.717) is 74.9 Å². The van der Waals surface area contributed by atoms with Gasteiger partial charge in [0.25, 0.3) is 0 Å². The van der Waals surface area contributed by atoms with Crippen LogP contribution in [0.4, 0.5) is 0 Å². The summed E-state index contributed by atoms with van der Waals surface area (Å²) in [6.45, 7) is 2.44. The number of fused-ring (bicyclic) bond motifs is 1. The molecular formula is C36H41N3O7. The number of phenolic OH excluding ortho intramolecular Hbond substituents is 1. The number of aryl methyl sites for hydroxylation is 1. The van der Waals surface area contributed by atoms with Crippen molar-refractivity contribution in [3.63, 3.8) is 0 Å². The Labute approximate surface area is 267 Å². The van der Waals surface area contributed by atoms with Crippen molar-refractivity contribution < 1.29 is 29.6 Å². The number of unbranched alkanes of at least 4 members (excludes halogenated alkanes) is 1. The van der Waals surface area contributed by atoms with Gasteiger partial charge in [-0.25, -0.2) is 0 Å². The normalized spacial score (nSPS) is 15.0. The van der Waals surface area contributed by atoms with Gasteiger partial charge >= 0.3 is 5.97 Å². The maximum absolute atomic E-state index is 12.9. The first-order chi connectivity index (χ1) is 22.3. The number of rotatable bonds is 14. The summed E-state index contributed by atoms with van der Waals surface area (Å²) in [4.78, 5) is 41.1. The van der Waals surface area contributed by atoms with Crippen LogP contribution in [0.25, 0.3) is 10.9 Å². The van der Waals surface area contributed by atoms with Gasteiger partial charge in [-0.1, -0.05) is 48.5 Å². The summed E-state index contributed by atoms with van der Waals surface area (Å²) in [6.07, 6.45) is 2.67. The van der Waals surface area contributed by atoms with Gasteiger partial charge in [-0.2, -0.15) is 0 Å². The van der Waals surface area contributed by atoms with Gasteiger partial charge in [0.2, 0.25) is 11.5 Å². The zero-order chi connectivity index (χ0) is 32.5. The van der Waals surface area contributed by atoms with Crippen LogP contribution in [0.15, 0.2) is 83.7 Å². The lowest BCUT2D eigenvalue weighted by Gasteiger charge is -2.39. The van der Waals surface area contributed by atoms with Crippen molar-refractivity contribution in [3.05, 3.63) is 106 Å². The minimum Gasteiger partial charge on any atom is -0.506 e. The Morgan fingerprint density at radius 1 is 0.957 bits per heavy atom. The molecule has 1 fully saturated rings. The molecule has 46 heavy (non-hydrogen) atoms. The number of aliphatic carboxylic acids is 1. The van der Waals surface area contributed by atoms with E-state index in [1.54, 1.807) is 17.0 Å². The molecule has 10 heteroatoms. The van der Waals surface area contributed by atoms with Crippen LogP contribution in [0.5, 0.6) is 11.5 Å². The van der Waals surface area contributed by atoms with Crippen LogP contribution in [0.2, 0.25) is 0 Å². The Hall–Kier alpha value is -4.67. The molecule has 5 N–H and O–H groups in total. The Morgan fingerprint density at radius 2 is 1.70 bits per heavy atom. The number of benzene rings is 3. The summed E-state index contributed by atoms with van der Waals surface area (Å²) in [5.41, 5.74) is 1.52. The second-order valence-corrected chi connectivity index (χ2v) is 11.8. The summed E-state index contributed by atoms with van der Waals surface area (Å²) >= 11 is 0. The molecule has 0 bridgehead atoms. The minimum absolute atomic E-state index is 0.0368. The highest BCUT2D eigenvalue weighted by molar-refractivity contribution is 5.87. The van der Waals surface area contributed by atoms with Crippen molar-refractivity contribution in [2.24, 2.45) is 0 Å². The fraction of sp³-hybridized carbons (Fsp3) is 0.361. The van der Waals surface area contributed by atoms with Gasteiger partial charge in [0, 0.05) is 37.5 Å². The molecule has 0 spiro atoms. The number of H-pyrrole nitrogens is 1. The van der Waals surface area contributed by atoms with E-state index in [2.05, 4.69) is 10.3 Å². The molecule has 1 aliphatic rings. The summed E-state index contributed by atoms with van der Waals surface area (Å²) < 4.78 is 5.87. The van der Waals surface area contributed by atoms with Crippen LogP contribution in [0, 0.1) is 0 Å². The third-order valence-corrected chi connectivity index (χ3v) is 8.88. The number of carboxylic acids is 1. The van der Waals surface area contributed by atoms with E-state index in [1.807, 2.05) is 54.6 Å². The highest BCUT2D eigenvalue weighted by atomic mass is 16.5. The Kier molecular flexibility index (Phi) is 10.7. The largest absolute Gasteiger partial charge is 0.506 e. The topological polar surface area (TPSA) is 152 Å². The lowest BCUT2D eigenvalue weighted by molar-refractivity contribution is -0.148. The number of aromatic nitrogens is 1. The molecule has 0 aliphatic carbocycles. The maximum atomic E-state index is 12.9. The van der Waals surface area contributed by atoms with Gasteiger partial charge in [-0.3, -0.25) is 14.4 Å². The Morgan fingerprint density at radius 3 is 2.41 bits per heavy atom. The first-order valence-electron chi connectivity index (χ1n) is 15.8. The fourth-order valence-electron chi connectivity index (χ4n) is 6.12. The smallest absolute Gasteiger partial charge is 0.314 e. The second kappa shape index (κ2) is 15.1. The highest BCUT2D eigenvalue weighted by Gasteiger charge is 2.43. The van der Waals surface area contributed by atoms with Gasteiger partial charge in [0.1, 0.15) is 11.5 Å². The molecule has 5 rings (SSSR count). The van der Waals surface area contributed by atoms with Crippen LogP contribution in [0.1, 0.15) is 54.9 Å². The molecule has 10 nitrogen and oxygen atoms in total. The number of aromatic hydroxyl groups is 1. The number of nitrogens with one attached hydrogen (secondary N) is 2. The predicted octanol–water partition coefficient (Wildman–Crippen LogP) is 4.29. The number of aliphatic hydroxyl groups excluding tert-OH is 1. The van der Waals surface area contributed by atoms with Gasteiger partial charge in [-0.15, -0.1) is 0 Å². The van der Waals surface area contributed by atoms with Crippen molar-refractivity contribution in [2.45, 2.75) is 50.0 Å². The van der Waals surface area contributed by atoms with E-state index in [9.17, 15) is 29.7 Å². The number of ether oxygens (including phenoxy) is 1. The number of carboxylic acid groups (broad SMARTS) is 1. The number of likely N-dealkylation sites (tertiary alicyclic amines) is 1. The van der Waals surface area contributed by atoms with Crippen molar-refractivity contribution in [2.75, 3.05) is 32.8 Å². The average molecular weight is 628 g/mol. The highest BCUT2D eigenvalue weighted by Crippen LogP contribution is 2.36. The quantitative estimate of drug-likeness (QED) is 0.130. The van der Waals surface area contributed by atoms with Gasteiger partial charge in [0.05, 0.1) is 23.6 Å². The molecule has 242 valence electrons. The zero-order valence-electron chi connectivity index (χ0n) is 25.8. The van der Waals surface area contributed by atoms with Crippen molar-refractivity contribution in [1.29, 1.82) is 0 Å². The van der Waals surface area contributed by atoms with Gasteiger partial charge in [-0.05, 0) is 79.6 Å². The Bertz CT molecular complexity index is 1680. The summed E-state index contributed by atoms with van der Waals surface area (Å²) in [7, 11) is 0. The molecule has 0 saturated carbocycles. The molecule has 1 amide bonds. The Balaban J connectivity index is 0.975. The summed E-state index contributed by atoms with van der Waals surface area (Å²) in [5.74, 6) is -0.0640. The van der Waals surface area contributed by atoms with Crippen molar-refractivity contribution in [3.8, 4) is 11.5 Å². The van der Waals surface area contributed by atoms with Crippen molar-refractivity contribution in [1.82, 2.24) is 15.2 Å². The third kappa shape index (κ3) is 7.75. The molecule has 1 aromatic heterocycles. The van der Waals surface area contributed by atoms with Crippen LogP contribution in [-0.2, 0) is 21.4 Å². The average Bonchev–Trinajstić information content (AvgIpc) is 3.08. The number of carbonyl (C=O) groups excluding carboxylic acids is 1. The number of carbonyl (C=O) groups is 2. The number of hydrogen-bond acceptors (Lipinski definition) is 7. The second-order valence-electron chi connectivity index (χ2n) is 11.8. The SMILES string of the molecule is O=C(CCc1ccc(OCCCCNC[C@H](O)c2ccc(O)c3[nH]c(=O)ccc23)cc1)N1CCC(C(=O)O)(c2ccccc2)CC1. The van der Waals surface area contributed by atoms with E-state index in [0.717, 1.165) is 29.7 Å². The van der Waals surface area contributed by atoms with E-state index in [4.69, 9.17) is 4.74 Å². The minimum atomic E-state index is -0.943. The van der Waals surface area contributed by atoms with Crippen molar-refractivity contribution >= 4 is 22.8 Å². The van der Waals surface area contributed by atoms with Gasteiger partial charge < -0.3 is 35.3 Å². The van der Waals surface area contributed by atoms with E-state index < -0.39 is 17.5 Å². The van der Waals surface area contributed by atoms with E-state index in [1.165, 1.54) is 12.1 Å². The summed E-state index contributed by atoms with van der Waals surface area (Å²) in [5, 5.41) is 34.5. The maximum Gasteiger partial charge on any atom is 0.314 e. The van der Waals surface area contributed by atoms with Crippen LogP contribution in [-0.4, -0.2) is 69.9 Å². The molecule has 0 radical (unpaired) electrons. The number of piperidine rings is 1.